The van der Waals surface area contributed by atoms with Gasteiger partial charge in [0, 0.05) is 18.5 Å². The van der Waals surface area contributed by atoms with Crippen LogP contribution in [0, 0.1) is 5.92 Å². The zero-order valence-electron chi connectivity index (χ0n) is 13.1. The molecule has 0 radical (unpaired) electrons. The molecule has 1 saturated heterocycles. The molecule has 1 aliphatic heterocycles. The van der Waals surface area contributed by atoms with Gasteiger partial charge in [0.1, 0.15) is 0 Å². The van der Waals surface area contributed by atoms with E-state index in [2.05, 4.69) is 15.5 Å². The third-order valence-corrected chi connectivity index (χ3v) is 5.46. The van der Waals surface area contributed by atoms with E-state index in [4.69, 9.17) is 0 Å². The van der Waals surface area contributed by atoms with Crippen molar-refractivity contribution in [1.82, 2.24) is 10.2 Å². The van der Waals surface area contributed by atoms with Crippen LogP contribution in [-0.4, -0.2) is 48.6 Å². The average Bonchev–Trinajstić information content (AvgIpc) is 2.81. The second-order valence-corrected chi connectivity index (χ2v) is 7.99. The summed E-state index contributed by atoms with van der Waals surface area (Å²) < 4.78 is 23.2. The number of sulfone groups is 1. The van der Waals surface area contributed by atoms with E-state index >= 15 is 0 Å². The molecule has 1 unspecified atom stereocenters. The molecule has 0 bridgehead atoms. The number of aromatic nitrogens is 2. The van der Waals surface area contributed by atoms with Crippen LogP contribution in [0.3, 0.4) is 0 Å². The molecule has 1 atom stereocenters. The van der Waals surface area contributed by atoms with E-state index in [0.717, 1.165) is 0 Å². The van der Waals surface area contributed by atoms with Crippen LogP contribution in [0.1, 0.15) is 27.2 Å². The first kappa shape index (κ1) is 16.7. The van der Waals surface area contributed by atoms with Crippen LogP contribution >= 0.6 is 0 Å². The van der Waals surface area contributed by atoms with Crippen molar-refractivity contribution in [3.05, 3.63) is 12.1 Å². The molecule has 0 saturated carbocycles. The number of carbonyl (C=O) groups excluding carboxylic acids is 1. The maximum absolute atomic E-state index is 11.6. The molecule has 0 spiro atoms. The van der Waals surface area contributed by atoms with Crippen LogP contribution in [0.4, 0.5) is 11.6 Å². The lowest BCUT2D eigenvalue weighted by Crippen LogP contribution is -2.36. The minimum Gasteiger partial charge on any atom is -0.351 e. The van der Waals surface area contributed by atoms with E-state index < -0.39 is 9.84 Å². The van der Waals surface area contributed by atoms with Crippen molar-refractivity contribution in [3.63, 3.8) is 0 Å². The Bertz CT molecular complexity index is 628. The first-order valence-corrected chi connectivity index (χ1v) is 9.26. The SMILES string of the molecule is CCN(c1ccc(NC(=O)C(C)C)nn1)C1CCS(=O)(=O)C1. The number of nitrogens with one attached hydrogen (secondary N) is 1. The summed E-state index contributed by atoms with van der Waals surface area (Å²) >= 11 is 0. The molecule has 1 fully saturated rings. The predicted molar refractivity (Wildman–Crippen MR) is 85.6 cm³/mol. The van der Waals surface area contributed by atoms with Crippen LogP contribution < -0.4 is 10.2 Å². The molecule has 1 aliphatic rings. The van der Waals surface area contributed by atoms with E-state index in [1.54, 1.807) is 26.0 Å². The molecule has 0 aromatic carbocycles. The highest BCUT2D eigenvalue weighted by Gasteiger charge is 2.32. The zero-order chi connectivity index (χ0) is 16.3. The molecule has 122 valence electrons. The molecule has 22 heavy (non-hydrogen) atoms. The number of amides is 1. The highest BCUT2D eigenvalue weighted by atomic mass is 32.2. The van der Waals surface area contributed by atoms with Gasteiger partial charge < -0.3 is 10.2 Å². The molecule has 1 aromatic rings. The molecule has 2 rings (SSSR count). The number of anilines is 2. The quantitative estimate of drug-likeness (QED) is 0.870. The number of nitrogens with zero attached hydrogens (tertiary/aromatic N) is 3. The second kappa shape index (κ2) is 6.60. The van der Waals surface area contributed by atoms with Crippen molar-refractivity contribution < 1.29 is 13.2 Å². The summed E-state index contributed by atoms with van der Waals surface area (Å²) in [7, 11) is -2.94. The molecule has 1 N–H and O–H groups in total. The highest BCUT2D eigenvalue weighted by molar-refractivity contribution is 7.91. The van der Waals surface area contributed by atoms with Crippen molar-refractivity contribution in [2.45, 2.75) is 33.2 Å². The van der Waals surface area contributed by atoms with Gasteiger partial charge in [-0.05, 0) is 25.5 Å². The third-order valence-electron chi connectivity index (χ3n) is 3.71. The first-order chi connectivity index (χ1) is 10.3. The molecule has 2 heterocycles. The van der Waals surface area contributed by atoms with Gasteiger partial charge in [0.2, 0.25) is 5.91 Å². The summed E-state index contributed by atoms with van der Waals surface area (Å²) in [5.41, 5.74) is 0. The van der Waals surface area contributed by atoms with E-state index in [-0.39, 0.29) is 29.4 Å². The maximum Gasteiger partial charge on any atom is 0.228 e. The number of carbonyl (C=O) groups is 1. The molecule has 1 aromatic heterocycles. The predicted octanol–water partition coefficient (Wildman–Crippen LogP) is 1.08. The Hall–Kier alpha value is -1.70. The third kappa shape index (κ3) is 3.94. The standard InChI is InChI=1S/C14H22N4O3S/c1-4-18(11-7-8-22(20,21)9-11)13-6-5-12(16-17-13)15-14(19)10(2)3/h5-6,10-11H,4,7-9H2,1-3H3,(H,15,16,19). The van der Waals surface area contributed by atoms with Crippen molar-refractivity contribution in [2.24, 2.45) is 5.92 Å². The van der Waals surface area contributed by atoms with Crippen LogP contribution in [0.2, 0.25) is 0 Å². The van der Waals surface area contributed by atoms with Crippen LogP contribution in [0.15, 0.2) is 12.1 Å². The van der Waals surface area contributed by atoms with Crippen LogP contribution in [-0.2, 0) is 14.6 Å². The Balaban J connectivity index is 2.09. The van der Waals surface area contributed by atoms with Crippen LogP contribution in [0.5, 0.6) is 0 Å². The fourth-order valence-corrected chi connectivity index (χ4v) is 4.17. The lowest BCUT2D eigenvalue weighted by Gasteiger charge is -2.27. The van der Waals surface area contributed by atoms with Gasteiger partial charge in [0.25, 0.3) is 0 Å². The zero-order valence-corrected chi connectivity index (χ0v) is 13.9. The van der Waals surface area contributed by atoms with E-state index in [1.165, 1.54) is 0 Å². The summed E-state index contributed by atoms with van der Waals surface area (Å²) in [5.74, 6) is 1.18. The monoisotopic (exact) mass is 326 g/mol. The van der Waals surface area contributed by atoms with Crippen molar-refractivity contribution in [1.29, 1.82) is 0 Å². The summed E-state index contributed by atoms with van der Waals surface area (Å²) in [5, 5.41) is 10.8. The summed E-state index contributed by atoms with van der Waals surface area (Å²) in [6, 6.07) is 3.40. The van der Waals surface area contributed by atoms with Gasteiger partial charge in [-0.2, -0.15) is 0 Å². The Kier molecular flexibility index (Phi) is 5.00. The van der Waals surface area contributed by atoms with Gasteiger partial charge in [-0.15, -0.1) is 10.2 Å². The van der Waals surface area contributed by atoms with Crippen molar-refractivity contribution in [3.8, 4) is 0 Å². The molecule has 0 aliphatic carbocycles. The Morgan fingerprint density at radius 1 is 1.41 bits per heavy atom. The second-order valence-electron chi connectivity index (χ2n) is 5.76. The lowest BCUT2D eigenvalue weighted by atomic mass is 10.2. The number of hydrogen-bond donors (Lipinski definition) is 1. The molecular formula is C14H22N4O3S. The smallest absolute Gasteiger partial charge is 0.228 e. The Morgan fingerprint density at radius 2 is 2.14 bits per heavy atom. The summed E-state index contributed by atoms with van der Waals surface area (Å²) in [4.78, 5) is 13.6. The Morgan fingerprint density at radius 3 is 2.59 bits per heavy atom. The highest BCUT2D eigenvalue weighted by Crippen LogP contribution is 2.22. The number of rotatable bonds is 5. The lowest BCUT2D eigenvalue weighted by molar-refractivity contribution is -0.118. The van der Waals surface area contributed by atoms with Gasteiger partial charge in [-0.3, -0.25) is 4.79 Å². The molecule has 8 heteroatoms. The van der Waals surface area contributed by atoms with Gasteiger partial charge in [-0.25, -0.2) is 8.42 Å². The van der Waals surface area contributed by atoms with Crippen molar-refractivity contribution >= 4 is 27.4 Å². The fraction of sp³-hybridized carbons (Fsp3) is 0.643. The van der Waals surface area contributed by atoms with Gasteiger partial charge in [0.15, 0.2) is 21.5 Å². The molecule has 7 nitrogen and oxygen atoms in total. The van der Waals surface area contributed by atoms with Crippen molar-refractivity contribution in [2.75, 3.05) is 28.3 Å². The van der Waals surface area contributed by atoms with E-state index in [1.807, 2.05) is 11.8 Å². The summed E-state index contributed by atoms with van der Waals surface area (Å²) in [6.07, 6.45) is 0.615. The summed E-state index contributed by atoms with van der Waals surface area (Å²) in [6.45, 7) is 6.22. The fourth-order valence-electron chi connectivity index (χ4n) is 2.44. The minimum absolute atomic E-state index is 0.0552. The number of hydrogen-bond acceptors (Lipinski definition) is 6. The van der Waals surface area contributed by atoms with Gasteiger partial charge in [0.05, 0.1) is 11.5 Å². The average molecular weight is 326 g/mol. The van der Waals surface area contributed by atoms with E-state index in [9.17, 15) is 13.2 Å². The first-order valence-electron chi connectivity index (χ1n) is 7.44. The largest absolute Gasteiger partial charge is 0.351 e. The Labute approximate surface area is 131 Å². The minimum atomic E-state index is -2.94. The normalized spacial score (nSPS) is 20.1. The van der Waals surface area contributed by atoms with Crippen LogP contribution in [0.25, 0.3) is 0 Å². The topological polar surface area (TPSA) is 92.3 Å². The van der Waals surface area contributed by atoms with E-state index in [0.29, 0.717) is 24.6 Å². The molecule has 1 amide bonds. The van der Waals surface area contributed by atoms with Gasteiger partial charge >= 0.3 is 0 Å². The molecular weight excluding hydrogens is 304 g/mol. The van der Waals surface area contributed by atoms with Gasteiger partial charge in [-0.1, -0.05) is 13.8 Å². The maximum atomic E-state index is 11.6.